The molecule has 0 atom stereocenters. The minimum Gasteiger partial charge on any atom is -0.490 e. The number of esters is 1. The summed E-state index contributed by atoms with van der Waals surface area (Å²) in [4.78, 5) is 12.7. The molecule has 6 heteroatoms. The Morgan fingerprint density at radius 2 is 0.631 bits per heavy atom. The van der Waals surface area contributed by atoms with Crippen molar-refractivity contribution in [1.82, 2.24) is 0 Å². The van der Waals surface area contributed by atoms with E-state index in [0.717, 1.165) is 56.9 Å². The van der Waals surface area contributed by atoms with Gasteiger partial charge in [0, 0.05) is 11.6 Å². The molecule has 0 amide bonds. The standard InChI is InChI=1S/C59H108O6/c1-6-11-15-19-23-27-31-35-39-43-49-62-55-53-54(47-48-56(60)61-10-5)57(63-50-44-40-36-32-28-24-20-16-12-7-2)59(65-52-46-42-38-34-30-26-22-18-14-9-4)58(55)64-51-45-41-37-33-29-25-21-17-13-8-3/h47-48,53H,6-46,49-52H2,1-5H3. The fourth-order valence-electron chi connectivity index (χ4n) is 8.68. The molecule has 0 aliphatic heterocycles. The highest BCUT2D eigenvalue weighted by Gasteiger charge is 2.24. The van der Waals surface area contributed by atoms with E-state index in [9.17, 15) is 4.79 Å². The van der Waals surface area contributed by atoms with E-state index in [2.05, 4.69) is 27.7 Å². The summed E-state index contributed by atoms with van der Waals surface area (Å²) in [7, 11) is 0. The van der Waals surface area contributed by atoms with Gasteiger partial charge in [0.25, 0.3) is 0 Å². The summed E-state index contributed by atoms with van der Waals surface area (Å²) in [6.07, 6.45) is 54.3. The summed E-state index contributed by atoms with van der Waals surface area (Å²) in [6, 6.07) is 2.02. The number of hydrogen-bond donors (Lipinski definition) is 0. The summed E-state index contributed by atoms with van der Waals surface area (Å²) < 4.78 is 32.3. The Hall–Kier alpha value is -2.37. The Labute approximate surface area is 404 Å². The van der Waals surface area contributed by atoms with Gasteiger partial charge in [-0.25, -0.2) is 4.79 Å². The van der Waals surface area contributed by atoms with Crippen LogP contribution >= 0.6 is 0 Å². The zero-order chi connectivity index (χ0) is 46.9. The average molecular weight is 914 g/mol. The van der Waals surface area contributed by atoms with Gasteiger partial charge in [-0.05, 0) is 44.7 Å². The molecule has 0 saturated heterocycles. The van der Waals surface area contributed by atoms with Crippen molar-refractivity contribution < 1.29 is 28.5 Å². The molecule has 0 N–H and O–H groups in total. The summed E-state index contributed by atoms with van der Waals surface area (Å²) in [5.41, 5.74) is 0.771. The average Bonchev–Trinajstić information content (AvgIpc) is 3.31. The van der Waals surface area contributed by atoms with Gasteiger partial charge >= 0.3 is 5.97 Å². The van der Waals surface area contributed by atoms with Crippen molar-refractivity contribution in [3.05, 3.63) is 17.7 Å². The molecule has 1 rings (SSSR count). The second-order valence-electron chi connectivity index (χ2n) is 19.2. The molecule has 1 aromatic rings. The highest BCUT2D eigenvalue weighted by atomic mass is 16.6. The zero-order valence-electron chi connectivity index (χ0n) is 44.0. The van der Waals surface area contributed by atoms with Crippen LogP contribution in [0.25, 0.3) is 6.08 Å². The second kappa shape index (κ2) is 48.1. The number of rotatable bonds is 51. The van der Waals surface area contributed by atoms with Crippen molar-refractivity contribution in [3.8, 4) is 23.0 Å². The van der Waals surface area contributed by atoms with Crippen LogP contribution in [0.1, 0.15) is 297 Å². The van der Waals surface area contributed by atoms with E-state index in [4.69, 9.17) is 23.7 Å². The predicted octanol–water partition coefficient (Wildman–Crippen LogP) is 19.5. The van der Waals surface area contributed by atoms with E-state index >= 15 is 0 Å². The monoisotopic (exact) mass is 913 g/mol. The molecule has 0 aromatic heterocycles. The van der Waals surface area contributed by atoms with Crippen LogP contribution < -0.4 is 18.9 Å². The first-order valence-electron chi connectivity index (χ1n) is 28.7. The second-order valence-corrected chi connectivity index (χ2v) is 19.2. The third-order valence-electron chi connectivity index (χ3n) is 12.9. The molecule has 0 radical (unpaired) electrons. The zero-order valence-corrected chi connectivity index (χ0v) is 44.0. The molecule has 0 heterocycles. The molecule has 0 aliphatic carbocycles. The summed E-state index contributed by atoms with van der Waals surface area (Å²) in [6.45, 7) is 13.7. The van der Waals surface area contributed by atoms with Gasteiger partial charge < -0.3 is 23.7 Å². The van der Waals surface area contributed by atoms with E-state index in [0.29, 0.717) is 56.0 Å². The summed E-state index contributed by atoms with van der Waals surface area (Å²) in [5, 5.41) is 0. The van der Waals surface area contributed by atoms with Crippen molar-refractivity contribution in [1.29, 1.82) is 0 Å². The summed E-state index contributed by atoms with van der Waals surface area (Å²) in [5.74, 6) is 2.25. The van der Waals surface area contributed by atoms with Gasteiger partial charge in [0.05, 0.1) is 33.0 Å². The van der Waals surface area contributed by atoms with E-state index in [-0.39, 0.29) is 5.97 Å². The smallest absolute Gasteiger partial charge is 0.330 e. The van der Waals surface area contributed by atoms with Crippen LogP contribution in [0.15, 0.2) is 12.1 Å². The number of carbonyl (C=O) groups excluding carboxylic acids is 1. The minimum atomic E-state index is -0.366. The fraction of sp³-hybridized carbons (Fsp3) is 0.847. The lowest BCUT2D eigenvalue weighted by Gasteiger charge is -2.22. The van der Waals surface area contributed by atoms with Crippen LogP contribution in [0.4, 0.5) is 0 Å². The molecule has 65 heavy (non-hydrogen) atoms. The van der Waals surface area contributed by atoms with E-state index in [1.807, 2.05) is 19.1 Å². The van der Waals surface area contributed by atoms with E-state index in [1.54, 1.807) is 0 Å². The van der Waals surface area contributed by atoms with Crippen molar-refractivity contribution in [2.24, 2.45) is 0 Å². The quantitative estimate of drug-likeness (QED) is 0.0369. The number of benzene rings is 1. The SMILES string of the molecule is CCCCCCCCCCCCOc1cc(C=CC(=O)OCC)c(OCCCCCCCCCCCC)c(OCCCCCCCCCCCC)c1OCCCCCCCCCCCC. The lowest BCUT2D eigenvalue weighted by Crippen LogP contribution is -2.10. The number of ether oxygens (including phenoxy) is 5. The van der Waals surface area contributed by atoms with Crippen molar-refractivity contribution in [2.75, 3.05) is 33.0 Å². The van der Waals surface area contributed by atoms with Gasteiger partial charge in [-0.3, -0.25) is 0 Å². The maximum Gasteiger partial charge on any atom is 0.330 e. The first-order chi connectivity index (χ1) is 32.1. The highest BCUT2D eigenvalue weighted by Crippen LogP contribution is 2.48. The van der Waals surface area contributed by atoms with Crippen LogP contribution in [-0.4, -0.2) is 39.0 Å². The fourth-order valence-corrected chi connectivity index (χ4v) is 8.68. The van der Waals surface area contributed by atoms with E-state index in [1.165, 1.54) is 212 Å². The van der Waals surface area contributed by atoms with Crippen molar-refractivity contribution >= 4 is 12.0 Å². The lowest BCUT2D eigenvalue weighted by atomic mass is 10.1. The minimum absolute atomic E-state index is 0.331. The lowest BCUT2D eigenvalue weighted by molar-refractivity contribution is -0.137. The van der Waals surface area contributed by atoms with Gasteiger partial charge in [-0.2, -0.15) is 0 Å². The molecule has 0 fully saturated rings. The van der Waals surface area contributed by atoms with Crippen LogP contribution in [0.2, 0.25) is 0 Å². The Bertz CT molecular complexity index is 1200. The van der Waals surface area contributed by atoms with Gasteiger partial charge in [0.15, 0.2) is 11.5 Å². The first-order valence-corrected chi connectivity index (χ1v) is 28.7. The van der Waals surface area contributed by atoms with Gasteiger partial charge in [0.1, 0.15) is 0 Å². The molecule has 6 nitrogen and oxygen atoms in total. The molecule has 0 spiro atoms. The van der Waals surface area contributed by atoms with Crippen molar-refractivity contribution in [2.45, 2.75) is 291 Å². The third-order valence-corrected chi connectivity index (χ3v) is 12.9. The largest absolute Gasteiger partial charge is 0.490 e. The highest BCUT2D eigenvalue weighted by molar-refractivity contribution is 5.88. The normalized spacial score (nSPS) is 11.5. The Balaban J connectivity index is 3.24. The van der Waals surface area contributed by atoms with Crippen LogP contribution in [0.3, 0.4) is 0 Å². The topological polar surface area (TPSA) is 63.2 Å². The Kier molecular flexibility index (Phi) is 44.9. The molecule has 1 aromatic carbocycles. The van der Waals surface area contributed by atoms with Gasteiger partial charge in [-0.15, -0.1) is 0 Å². The maximum absolute atomic E-state index is 12.7. The van der Waals surface area contributed by atoms with Crippen LogP contribution in [0.5, 0.6) is 23.0 Å². The first kappa shape index (κ1) is 60.6. The number of unbranched alkanes of at least 4 members (excludes halogenated alkanes) is 36. The van der Waals surface area contributed by atoms with E-state index < -0.39 is 0 Å². The maximum atomic E-state index is 12.7. The molecule has 0 unspecified atom stereocenters. The molecular formula is C59H108O6. The molecular weight excluding hydrogens is 805 g/mol. The molecule has 0 bridgehead atoms. The third kappa shape index (κ3) is 36.4. The number of carbonyl (C=O) groups is 1. The van der Waals surface area contributed by atoms with Gasteiger partial charge in [0.2, 0.25) is 11.5 Å². The van der Waals surface area contributed by atoms with Crippen LogP contribution in [-0.2, 0) is 9.53 Å². The van der Waals surface area contributed by atoms with Gasteiger partial charge in [-0.1, -0.05) is 259 Å². The van der Waals surface area contributed by atoms with Crippen LogP contribution in [0, 0.1) is 0 Å². The molecule has 0 saturated carbocycles. The van der Waals surface area contributed by atoms with Crippen molar-refractivity contribution in [3.63, 3.8) is 0 Å². The predicted molar refractivity (Wildman–Crippen MR) is 281 cm³/mol. The molecule has 380 valence electrons. The number of hydrogen-bond acceptors (Lipinski definition) is 6. The Morgan fingerprint density at radius 3 is 0.954 bits per heavy atom. The summed E-state index contributed by atoms with van der Waals surface area (Å²) >= 11 is 0. The molecule has 0 aliphatic rings. The Morgan fingerprint density at radius 1 is 0.354 bits per heavy atom.